The van der Waals surface area contributed by atoms with E-state index in [-0.39, 0.29) is 10.6 Å². The largest absolute Gasteiger partial charge is 0.493 e. The van der Waals surface area contributed by atoms with Crippen molar-refractivity contribution in [2.24, 2.45) is 4.99 Å². The molecule has 156 valence electrons. The van der Waals surface area contributed by atoms with Gasteiger partial charge in [0.05, 0.1) is 16.4 Å². The second-order valence-electron chi connectivity index (χ2n) is 6.57. The smallest absolute Gasteiger partial charge is 0.339 e. The molecule has 0 aliphatic rings. The van der Waals surface area contributed by atoms with Gasteiger partial charge in [-0.2, -0.15) is 8.42 Å². The van der Waals surface area contributed by atoms with Crippen LogP contribution in [-0.2, 0) is 10.1 Å². The van der Waals surface area contributed by atoms with E-state index in [1.165, 1.54) is 36.9 Å². The van der Waals surface area contributed by atoms with Crippen molar-refractivity contribution < 1.29 is 17.3 Å². The fraction of sp³-hybridized carbons (Fsp3) is 0.136. The summed E-state index contributed by atoms with van der Waals surface area (Å²) in [7, 11) is -2.58. The van der Waals surface area contributed by atoms with Gasteiger partial charge < -0.3 is 8.92 Å². The van der Waals surface area contributed by atoms with Crippen molar-refractivity contribution in [3.05, 3.63) is 79.9 Å². The predicted octanol–water partition coefficient (Wildman–Crippen LogP) is 6.09. The molecule has 8 heteroatoms. The molecule has 3 aromatic carbocycles. The standard InChI is InChI=1S/C22H19ClINO4S/c1-14-4-9-20(15(2)10-14)25-13-16-11-19(24)22(21(12-16)28-3)29-30(26,27)18-7-5-17(23)6-8-18/h4-13H,1-3H3. The minimum Gasteiger partial charge on any atom is -0.493 e. The summed E-state index contributed by atoms with van der Waals surface area (Å²) >= 11 is 7.85. The SMILES string of the molecule is COc1cc(C=Nc2ccc(C)cc2C)cc(I)c1OS(=O)(=O)c1ccc(Cl)cc1. The highest BCUT2D eigenvalue weighted by molar-refractivity contribution is 14.1. The van der Waals surface area contributed by atoms with Crippen molar-refractivity contribution in [3.63, 3.8) is 0 Å². The van der Waals surface area contributed by atoms with Crippen molar-refractivity contribution in [1.29, 1.82) is 0 Å². The van der Waals surface area contributed by atoms with E-state index in [1.54, 1.807) is 18.3 Å². The lowest BCUT2D eigenvalue weighted by Gasteiger charge is -2.13. The molecule has 0 N–H and O–H groups in total. The molecule has 0 aliphatic heterocycles. The molecule has 0 spiro atoms. The molecular formula is C22H19ClINO4S. The lowest BCUT2D eigenvalue weighted by Crippen LogP contribution is -2.11. The minimum atomic E-state index is -4.04. The van der Waals surface area contributed by atoms with Gasteiger partial charge in [0.15, 0.2) is 11.5 Å². The monoisotopic (exact) mass is 555 g/mol. The first-order valence-electron chi connectivity index (χ1n) is 8.88. The van der Waals surface area contributed by atoms with Gasteiger partial charge in [0.2, 0.25) is 0 Å². The number of methoxy groups -OCH3 is 1. The fourth-order valence-electron chi connectivity index (χ4n) is 2.75. The first-order valence-corrected chi connectivity index (χ1v) is 11.7. The van der Waals surface area contributed by atoms with Gasteiger partial charge in [-0.1, -0.05) is 29.3 Å². The van der Waals surface area contributed by atoms with E-state index >= 15 is 0 Å². The molecule has 0 atom stereocenters. The number of ether oxygens (including phenoxy) is 1. The quantitative estimate of drug-likeness (QED) is 0.210. The van der Waals surface area contributed by atoms with Crippen molar-refractivity contribution >= 4 is 56.2 Å². The number of hydrogen-bond donors (Lipinski definition) is 0. The van der Waals surface area contributed by atoms with E-state index in [0.29, 0.717) is 14.3 Å². The molecule has 3 rings (SSSR count). The van der Waals surface area contributed by atoms with Gasteiger partial charge in [0.1, 0.15) is 4.90 Å². The van der Waals surface area contributed by atoms with Crippen LogP contribution in [0.3, 0.4) is 0 Å². The normalized spacial score (nSPS) is 11.6. The first kappa shape index (κ1) is 22.6. The Morgan fingerprint density at radius 2 is 1.73 bits per heavy atom. The predicted molar refractivity (Wildman–Crippen MR) is 128 cm³/mol. The van der Waals surface area contributed by atoms with Crippen LogP contribution in [-0.4, -0.2) is 21.7 Å². The summed E-state index contributed by atoms with van der Waals surface area (Å²) in [6.45, 7) is 4.03. The molecule has 0 fully saturated rings. The molecule has 0 saturated carbocycles. The number of hydrogen-bond acceptors (Lipinski definition) is 5. The average molecular weight is 556 g/mol. The lowest BCUT2D eigenvalue weighted by molar-refractivity contribution is 0.389. The summed E-state index contributed by atoms with van der Waals surface area (Å²) in [5.41, 5.74) is 3.86. The maximum Gasteiger partial charge on any atom is 0.339 e. The second-order valence-corrected chi connectivity index (χ2v) is 9.72. The molecule has 5 nitrogen and oxygen atoms in total. The highest BCUT2D eigenvalue weighted by Gasteiger charge is 2.22. The summed E-state index contributed by atoms with van der Waals surface area (Å²) in [6, 6.07) is 15.3. The maximum absolute atomic E-state index is 12.6. The summed E-state index contributed by atoms with van der Waals surface area (Å²) in [4.78, 5) is 4.54. The molecule has 0 unspecified atom stereocenters. The molecule has 30 heavy (non-hydrogen) atoms. The zero-order valence-electron chi connectivity index (χ0n) is 16.5. The van der Waals surface area contributed by atoms with Crippen molar-refractivity contribution in [3.8, 4) is 11.5 Å². The third-order valence-electron chi connectivity index (χ3n) is 4.25. The Bertz CT molecular complexity index is 1210. The summed E-state index contributed by atoms with van der Waals surface area (Å²) in [6.07, 6.45) is 1.71. The van der Waals surface area contributed by atoms with Crippen LogP contribution >= 0.6 is 34.2 Å². The Morgan fingerprint density at radius 3 is 2.37 bits per heavy atom. The van der Waals surface area contributed by atoms with Crippen LogP contribution in [0.2, 0.25) is 5.02 Å². The van der Waals surface area contributed by atoms with Crippen LogP contribution in [0, 0.1) is 17.4 Å². The maximum atomic E-state index is 12.6. The van der Waals surface area contributed by atoms with Gasteiger partial charge in [-0.25, -0.2) is 0 Å². The average Bonchev–Trinajstić information content (AvgIpc) is 2.69. The summed E-state index contributed by atoms with van der Waals surface area (Å²) in [5, 5.41) is 0.438. The number of aliphatic imine (C=N–C) groups is 1. The number of halogens is 2. The summed E-state index contributed by atoms with van der Waals surface area (Å²) in [5.74, 6) is 0.415. The van der Waals surface area contributed by atoms with Gasteiger partial charge in [0.25, 0.3) is 0 Å². The van der Waals surface area contributed by atoms with Gasteiger partial charge in [-0.05, 0) is 90.0 Å². The van der Waals surface area contributed by atoms with Crippen molar-refractivity contribution in [2.75, 3.05) is 7.11 Å². The van der Waals surface area contributed by atoms with E-state index in [9.17, 15) is 8.42 Å². The lowest BCUT2D eigenvalue weighted by atomic mass is 10.1. The second kappa shape index (κ2) is 9.36. The molecule has 0 saturated heterocycles. The van der Waals surface area contributed by atoms with Gasteiger partial charge >= 0.3 is 10.1 Å². The van der Waals surface area contributed by atoms with Crippen LogP contribution in [0.15, 0.2) is 64.5 Å². The molecule has 0 bridgehead atoms. The Morgan fingerprint density at radius 1 is 1.03 bits per heavy atom. The third-order valence-corrected chi connectivity index (χ3v) is 6.54. The molecule has 3 aromatic rings. The number of aryl methyl sites for hydroxylation is 2. The van der Waals surface area contributed by atoms with Crippen molar-refractivity contribution in [2.45, 2.75) is 18.7 Å². The zero-order valence-corrected chi connectivity index (χ0v) is 20.2. The van der Waals surface area contributed by atoms with E-state index in [0.717, 1.165) is 16.8 Å². The van der Waals surface area contributed by atoms with Crippen LogP contribution in [0.5, 0.6) is 11.5 Å². The molecule has 0 aliphatic carbocycles. The third kappa shape index (κ3) is 5.33. The van der Waals surface area contributed by atoms with Crippen molar-refractivity contribution in [1.82, 2.24) is 0 Å². The Balaban J connectivity index is 1.92. The zero-order chi connectivity index (χ0) is 21.9. The van der Waals surface area contributed by atoms with E-state index in [2.05, 4.69) is 11.1 Å². The molecule has 0 radical (unpaired) electrons. The van der Waals surface area contributed by atoms with E-state index in [1.807, 2.05) is 48.6 Å². The number of benzene rings is 3. The highest BCUT2D eigenvalue weighted by atomic mass is 127. The van der Waals surface area contributed by atoms with E-state index < -0.39 is 10.1 Å². The molecule has 0 aromatic heterocycles. The van der Waals surface area contributed by atoms with Gasteiger partial charge in [0, 0.05) is 11.2 Å². The van der Waals surface area contributed by atoms with Gasteiger partial charge in [-0.15, -0.1) is 0 Å². The minimum absolute atomic E-state index is 0.00485. The first-order chi connectivity index (χ1) is 14.2. The Hall–Kier alpha value is -2.10. The number of rotatable bonds is 6. The fourth-order valence-corrected chi connectivity index (χ4v) is 4.72. The topological polar surface area (TPSA) is 65.0 Å². The van der Waals surface area contributed by atoms with Crippen LogP contribution in [0.4, 0.5) is 5.69 Å². The highest BCUT2D eigenvalue weighted by Crippen LogP contribution is 2.36. The Labute approximate surface area is 195 Å². The molecular weight excluding hydrogens is 537 g/mol. The summed E-state index contributed by atoms with van der Waals surface area (Å²) < 4.78 is 36.6. The molecule has 0 amide bonds. The van der Waals surface area contributed by atoms with E-state index in [4.69, 9.17) is 20.5 Å². The van der Waals surface area contributed by atoms with Crippen LogP contribution in [0.25, 0.3) is 0 Å². The Kier molecular flexibility index (Phi) is 7.05. The molecule has 0 heterocycles. The van der Waals surface area contributed by atoms with Crippen LogP contribution in [0.1, 0.15) is 16.7 Å². The number of nitrogens with zero attached hydrogens (tertiary/aromatic N) is 1. The van der Waals surface area contributed by atoms with Crippen LogP contribution < -0.4 is 8.92 Å². The van der Waals surface area contributed by atoms with Gasteiger partial charge in [-0.3, -0.25) is 4.99 Å².